The number of halogens is 2. The van der Waals surface area contributed by atoms with Gasteiger partial charge in [0.25, 0.3) is 0 Å². The summed E-state index contributed by atoms with van der Waals surface area (Å²) in [5, 5.41) is 3.06. The number of amides is 1. The third-order valence-electron chi connectivity index (χ3n) is 4.73. The van der Waals surface area contributed by atoms with Gasteiger partial charge in [-0.1, -0.05) is 6.07 Å². The van der Waals surface area contributed by atoms with E-state index in [1.54, 1.807) is 25.7 Å². The summed E-state index contributed by atoms with van der Waals surface area (Å²) in [6.45, 7) is 6.57. The van der Waals surface area contributed by atoms with Crippen molar-refractivity contribution in [3.63, 3.8) is 0 Å². The first kappa shape index (κ1) is 20.3. The van der Waals surface area contributed by atoms with Crippen LogP contribution in [0.4, 0.5) is 8.78 Å². The monoisotopic (exact) mass is 368 g/mol. The number of benzene rings is 1. The largest absolute Gasteiger partial charge is 0.466 e. The fourth-order valence-corrected chi connectivity index (χ4v) is 3.26. The molecule has 1 aromatic rings. The molecule has 2 rings (SSSR count). The zero-order valence-corrected chi connectivity index (χ0v) is 15.4. The first-order valence-corrected chi connectivity index (χ1v) is 8.99. The van der Waals surface area contributed by atoms with Crippen molar-refractivity contribution in [2.24, 2.45) is 5.92 Å². The molecule has 1 aliphatic rings. The van der Waals surface area contributed by atoms with Crippen LogP contribution in [0.15, 0.2) is 18.2 Å². The zero-order chi connectivity index (χ0) is 19.3. The molecule has 1 aliphatic heterocycles. The van der Waals surface area contributed by atoms with Crippen molar-refractivity contribution in [1.29, 1.82) is 0 Å². The number of esters is 1. The first-order valence-electron chi connectivity index (χ1n) is 8.99. The minimum Gasteiger partial charge on any atom is -0.466 e. The van der Waals surface area contributed by atoms with E-state index in [1.165, 1.54) is 12.1 Å². The van der Waals surface area contributed by atoms with Gasteiger partial charge >= 0.3 is 5.97 Å². The molecule has 0 bridgehead atoms. The number of ether oxygens (including phenoxy) is 1. The van der Waals surface area contributed by atoms with Crippen molar-refractivity contribution in [1.82, 2.24) is 10.2 Å². The van der Waals surface area contributed by atoms with Crippen molar-refractivity contribution in [3.05, 3.63) is 35.4 Å². The predicted molar refractivity (Wildman–Crippen MR) is 93.3 cm³/mol. The second-order valence-corrected chi connectivity index (χ2v) is 6.63. The van der Waals surface area contributed by atoms with Crippen LogP contribution in [-0.4, -0.2) is 42.5 Å². The van der Waals surface area contributed by atoms with Crippen LogP contribution >= 0.6 is 0 Å². The van der Waals surface area contributed by atoms with Crippen LogP contribution in [0.1, 0.15) is 45.2 Å². The van der Waals surface area contributed by atoms with Gasteiger partial charge in [-0.3, -0.25) is 14.9 Å². The Morgan fingerprint density at radius 3 is 2.50 bits per heavy atom. The van der Waals surface area contributed by atoms with Gasteiger partial charge in [0.1, 0.15) is 11.6 Å². The molecule has 1 aromatic carbocycles. The molecule has 144 valence electrons. The second kappa shape index (κ2) is 9.07. The molecule has 1 N–H and O–H groups in total. The Bertz CT molecular complexity index is 646. The number of carbonyl (C=O) groups excluding carboxylic acids is 2. The maximum absolute atomic E-state index is 13.9. The summed E-state index contributed by atoms with van der Waals surface area (Å²) in [7, 11) is 0. The lowest BCUT2D eigenvalue weighted by Gasteiger charge is -2.33. The highest BCUT2D eigenvalue weighted by atomic mass is 19.1. The lowest BCUT2D eigenvalue weighted by atomic mass is 9.96. The summed E-state index contributed by atoms with van der Waals surface area (Å²) in [5.41, 5.74) is 0.312. The number of nitrogens with zero attached hydrogens (tertiary/aromatic N) is 1. The van der Waals surface area contributed by atoms with E-state index >= 15 is 0 Å². The fourth-order valence-electron chi connectivity index (χ4n) is 3.26. The Hall–Kier alpha value is -2.02. The van der Waals surface area contributed by atoms with Crippen LogP contribution < -0.4 is 5.32 Å². The number of likely N-dealkylation sites (tertiary alicyclic amines) is 1. The van der Waals surface area contributed by atoms with E-state index in [1.807, 2.05) is 0 Å². The molecule has 2 unspecified atom stereocenters. The number of nitrogens with one attached hydrogen (secondary N) is 1. The summed E-state index contributed by atoms with van der Waals surface area (Å²) in [5.74, 6) is -1.73. The lowest BCUT2D eigenvalue weighted by Crippen LogP contribution is -2.49. The molecule has 0 aliphatic carbocycles. The van der Waals surface area contributed by atoms with E-state index in [2.05, 4.69) is 5.32 Å². The van der Waals surface area contributed by atoms with Gasteiger partial charge in [-0.15, -0.1) is 0 Å². The molecule has 2 atom stereocenters. The Balaban J connectivity index is 1.88. The standard InChI is InChI=1S/C19H26F2N2O3/c1-4-26-19(25)14-7-9-23(10-8-14)18(24)13(3)22-12(2)16-6-5-15(20)11-17(16)21/h5-6,11-14,22H,4,7-10H2,1-3H3. The van der Waals surface area contributed by atoms with Crippen LogP contribution in [0, 0.1) is 17.6 Å². The summed E-state index contributed by atoms with van der Waals surface area (Å²) >= 11 is 0. The van der Waals surface area contributed by atoms with E-state index in [4.69, 9.17) is 4.74 Å². The van der Waals surface area contributed by atoms with E-state index in [-0.39, 0.29) is 17.8 Å². The molecule has 1 fully saturated rings. The number of rotatable bonds is 6. The van der Waals surface area contributed by atoms with E-state index in [9.17, 15) is 18.4 Å². The third-order valence-corrected chi connectivity index (χ3v) is 4.73. The highest BCUT2D eigenvalue weighted by Gasteiger charge is 2.30. The van der Waals surface area contributed by atoms with Crippen molar-refractivity contribution in [3.8, 4) is 0 Å². The SMILES string of the molecule is CCOC(=O)C1CCN(C(=O)C(C)NC(C)c2ccc(F)cc2F)CC1. The molecule has 0 spiro atoms. The molecule has 26 heavy (non-hydrogen) atoms. The topological polar surface area (TPSA) is 58.6 Å². The van der Waals surface area contributed by atoms with E-state index in [0.29, 0.717) is 38.1 Å². The number of hydrogen-bond donors (Lipinski definition) is 1. The third kappa shape index (κ3) is 5.00. The van der Waals surface area contributed by atoms with E-state index < -0.39 is 23.7 Å². The second-order valence-electron chi connectivity index (χ2n) is 6.63. The molecule has 0 saturated carbocycles. The van der Waals surface area contributed by atoms with Crippen molar-refractivity contribution < 1.29 is 23.1 Å². The number of carbonyl (C=O) groups is 2. The molecular weight excluding hydrogens is 342 g/mol. The number of piperidine rings is 1. The average molecular weight is 368 g/mol. The molecule has 0 aromatic heterocycles. The molecule has 5 nitrogen and oxygen atoms in total. The summed E-state index contributed by atoms with van der Waals surface area (Å²) in [4.78, 5) is 26.1. The minimum absolute atomic E-state index is 0.0957. The number of hydrogen-bond acceptors (Lipinski definition) is 4. The van der Waals surface area contributed by atoms with Gasteiger partial charge in [-0.05, 0) is 39.7 Å². The molecule has 1 saturated heterocycles. The maximum Gasteiger partial charge on any atom is 0.309 e. The zero-order valence-electron chi connectivity index (χ0n) is 15.4. The summed E-state index contributed by atoms with van der Waals surface area (Å²) in [6.07, 6.45) is 1.17. The van der Waals surface area contributed by atoms with Gasteiger partial charge in [0, 0.05) is 30.8 Å². The molecule has 0 radical (unpaired) electrons. The summed E-state index contributed by atoms with van der Waals surface area (Å²) in [6, 6.07) is 2.45. The van der Waals surface area contributed by atoms with Gasteiger partial charge in [0.05, 0.1) is 18.6 Å². The molecular formula is C19H26F2N2O3. The predicted octanol–water partition coefficient (Wildman–Crippen LogP) is 2.81. The fraction of sp³-hybridized carbons (Fsp3) is 0.579. The quantitative estimate of drug-likeness (QED) is 0.785. The molecule has 7 heteroatoms. The average Bonchev–Trinajstić information content (AvgIpc) is 2.61. The molecule has 1 heterocycles. The minimum atomic E-state index is -0.639. The van der Waals surface area contributed by atoms with Gasteiger partial charge in [-0.25, -0.2) is 8.78 Å². The van der Waals surface area contributed by atoms with Gasteiger partial charge in [-0.2, -0.15) is 0 Å². The Kier molecular flexibility index (Phi) is 7.08. The van der Waals surface area contributed by atoms with Crippen molar-refractivity contribution >= 4 is 11.9 Å². The highest BCUT2D eigenvalue weighted by molar-refractivity contribution is 5.82. The molecule has 1 amide bonds. The maximum atomic E-state index is 13.9. The Morgan fingerprint density at radius 2 is 1.92 bits per heavy atom. The van der Waals surface area contributed by atoms with Gasteiger partial charge < -0.3 is 9.64 Å². The van der Waals surface area contributed by atoms with Crippen molar-refractivity contribution in [2.45, 2.75) is 45.7 Å². The van der Waals surface area contributed by atoms with Crippen molar-refractivity contribution in [2.75, 3.05) is 19.7 Å². The van der Waals surface area contributed by atoms with E-state index in [0.717, 1.165) is 6.07 Å². The van der Waals surface area contributed by atoms with Crippen LogP contribution in [0.5, 0.6) is 0 Å². The van der Waals surface area contributed by atoms with Gasteiger partial charge in [0.2, 0.25) is 5.91 Å². The normalized spacial score (nSPS) is 17.7. The summed E-state index contributed by atoms with van der Waals surface area (Å²) < 4.78 is 31.9. The van der Waals surface area contributed by atoms with Crippen LogP contribution in [0.3, 0.4) is 0 Å². The Morgan fingerprint density at radius 1 is 1.27 bits per heavy atom. The Labute approximate surface area is 152 Å². The first-order chi connectivity index (χ1) is 12.3. The lowest BCUT2D eigenvalue weighted by molar-refractivity contribution is -0.151. The van der Waals surface area contributed by atoms with Gasteiger partial charge in [0.15, 0.2) is 0 Å². The highest BCUT2D eigenvalue weighted by Crippen LogP contribution is 2.21. The van der Waals surface area contributed by atoms with Crippen LogP contribution in [0.25, 0.3) is 0 Å². The van der Waals surface area contributed by atoms with Crippen LogP contribution in [0.2, 0.25) is 0 Å². The van der Waals surface area contributed by atoms with Crippen LogP contribution in [-0.2, 0) is 14.3 Å². The smallest absolute Gasteiger partial charge is 0.309 e.